The molecular weight excluding hydrogens is 454 g/mol. The second-order valence-corrected chi connectivity index (χ2v) is 12.6. The van der Waals surface area contributed by atoms with Crippen molar-refractivity contribution < 1.29 is 0 Å². The maximum absolute atomic E-state index is 4.72. The first-order valence-electron chi connectivity index (χ1n) is 15.9. The topological polar surface area (TPSA) is 12.4 Å². The largest absolute Gasteiger partial charge is 0.195 e. The molecule has 0 amide bonds. The van der Waals surface area contributed by atoms with E-state index in [1.54, 1.807) is 0 Å². The molecule has 1 aromatic rings. The maximum atomic E-state index is 4.72. The van der Waals surface area contributed by atoms with Gasteiger partial charge in [-0.05, 0) is 98.0 Å². The molecule has 2 heteroatoms. The van der Waals surface area contributed by atoms with Gasteiger partial charge in [-0.15, -0.1) is 0 Å². The van der Waals surface area contributed by atoms with E-state index in [1.807, 2.05) is 0 Å². The first kappa shape index (κ1) is 29.6. The average Bonchev–Trinajstić information content (AvgIpc) is 2.92. The molecule has 0 spiro atoms. The van der Waals surface area contributed by atoms with Gasteiger partial charge < -0.3 is 0 Å². The lowest BCUT2D eigenvalue weighted by atomic mass is 9.66. The van der Waals surface area contributed by atoms with Crippen molar-refractivity contribution in [3.63, 3.8) is 0 Å². The van der Waals surface area contributed by atoms with Gasteiger partial charge in [-0.1, -0.05) is 116 Å². The standard InChI is InChI=1S/C34H55NS/c1-3-4-5-6-7-8-9-10-11-12-13-14-29-15-17-30(18-16-29)28(2)31-19-21-32(22-20-31)33-23-25-34(26-24-33)35-27-36/h23-26,28-32H,3-22H2,1-2H3. The van der Waals surface area contributed by atoms with Crippen LogP contribution in [0.2, 0.25) is 0 Å². The molecule has 0 heterocycles. The molecule has 36 heavy (non-hydrogen) atoms. The Hall–Kier alpha value is -0.980. The zero-order valence-electron chi connectivity index (χ0n) is 23.7. The Bertz CT molecular complexity index is 733. The Kier molecular flexibility index (Phi) is 14.4. The number of hydrogen-bond acceptors (Lipinski definition) is 2. The minimum absolute atomic E-state index is 0.737. The Balaban J connectivity index is 1.22. The lowest BCUT2D eigenvalue weighted by Gasteiger charge is -2.39. The SMILES string of the molecule is CCCCCCCCCCCCCC1CCC(C(C)C2CCC(c3ccc(N=C=S)cc3)CC2)CC1. The number of nitrogens with zero attached hydrogens (tertiary/aromatic N) is 1. The van der Waals surface area contributed by atoms with Crippen molar-refractivity contribution in [1.82, 2.24) is 0 Å². The van der Waals surface area contributed by atoms with Crippen molar-refractivity contribution in [3.8, 4) is 0 Å². The predicted molar refractivity (Wildman–Crippen MR) is 162 cm³/mol. The van der Waals surface area contributed by atoms with E-state index in [2.05, 4.69) is 48.3 Å². The molecule has 0 saturated heterocycles. The highest BCUT2D eigenvalue weighted by Crippen LogP contribution is 2.45. The molecule has 0 radical (unpaired) electrons. The Morgan fingerprint density at radius 1 is 0.722 bits per heavy atom. The molecule has 0 N–H and O–H groups in total. The fourth-order valence-corrected chi connectivity index (χ4v) is 7.44. The fourth-order valence-electron chi connectivity index (χ4n) is 7.34. The summed E-state index contributed by atoms with van der Waals surface area (Å²) in [7, 11) is 0. The second-order valence-electron chi connectivity index (χ2n) is 12.4. The van der Waals surface area contributed by atoms with Crippen LogP contribution in [-0.4, -0.2) is 5.16 Å². The molecule has 0 aliphatic heterocycles. The molecule has 1 aromatic carbocycles. The molecule has 3 rings (SSSR count). The summed E-state index contributed by atoms with van der Waals surface area (Å²) in [4.78, 5) is 4.09. The third kappa shape index (κ3) is 10.4. The molecule has 1 unspecified atom stereocenters. The molecule has 2 saturated carbocycles. The normalized spacial score (nSPS) is 25.3. The third-order valence-corrected chi connectivity index (χ3v) is 10.00. The number of hydrogen-bond donors (Lipinski definition) is 0. The summed E-state index contributed by atoms with van der Waals surface area (Å²) >= 11 is 4.72. The monoisotopic (exact) mass is 509 g/mol. The van der Waals surface area contributed by atoms with Crippen molar-refractivity contribution in [3.05, 3.63) is 29.8 Å². The van der Waals surface area contributed by atoms with Crippen molar-refractivity contribution >= 4 is 23.1 Å². The minimum atomic E-state index is 0.737. The van der Waals surface area contributed by atoms with Crippen LogP contribution in [0.1, 0.15) is 154 Å². The molecule has 1 atom stereocenters. The smallest absolute Gasteiger partial charge is 0.0739 e. The molecule has 2 aliphatic carbocycles. The van der Waals surface area contributed by atoms with Crippen LogP contribution < -0.4 is 0 Å². The minimum Gasteiger partial charge on any atom is -0.195 e. The van der Waals surface area contributed by atoms with Gasteiger partial charge in [0, 0.05) is 0 Å². The zero-order chi connectivity index (χ0) is 25.4. The van der Waals surface area contributed by atoms with Crippen LogP contribution in [0.5, 0.6) is 0 Å². The van der Waals surface area contributed by atoms with Crippen LogP contribution in [0, 0.1) is 23.7 Å². The summed E-state index contributed by atoms with van der Waals surface area (Å²) in [6.45, 7) is 4.90. The Morgan fingerprint density at radius 2 is 1.22 bits per heavy atom. The van der Waals surface area contributed by atoms with Crippen molar-refractivity contribution in [2.45, 2.75) is 148 Å². The number of aliphatic imine (C=N–C) groups is 1. The number of benzene rings is 1. The molecule has 0 aromatic heterocycles. The molecule has 0 bridgehead atoms. The average molecular weight is 510 g/mol. The summed E-state index contributed by atoms with van der Waals surface area (Å²) in [6, 6.07) is 8.71. The van der Waals surface area contributed by atoms with Crippen LogP contribution in [0.4, 0.5) is 5.69 Å². The van der Waals surface area contributed by atoms with Gasteiger partial charge in [0.1, 0.15) is 0 Å². The number of isothiocyanates is 1. The Morgan fingerprint density at radius 3 is 1.75 bits per heavy atom. The van der Waals surface area contributed by atoms with E-state index in [0.29, 0.717) is 0 Å². The summed E-state index contributed by atoms with van der Waals surface area (Å²) in [5.74, 6) is 4.64. The van der Waals surface area contributed by atoms with Gasteiger partial charge >= 0.3 is 0 Å². The first-order chi connectivity index (χ1) is 17.7. The molecule has 1 nitrogen and oxygen atoms in total. The highest BCUT2D eigenvalue weighted by atomic mass is 32.1. The van der Waals surface area contributed by atoms with Gasteiger partial charge in [-0.3, -0.25) is 0 Å². The maximum Gasteiger partial charge on any atom is 0.0739 e. The van der Waals surface area contributed by atoms with E-state index < -0.39 is 0 Å². The predicted octanol–water partition coefficient (Wildman–Crippen LogP) is 11.8. The molecule has 2 aliphatic rings. The van der Waals surface area contributed by atoms with E-state index in [9.17, 15) is 0 Å². The van der Waals surface area contributed by atoms with Gasteiger partial charge in [0.15, 0.2) is 0 Å². The van der Waals surface area contributed by atoms with E-state index in [4.69, 9.17) is 12.2 Å². The lowest BCUT2D eigenvalue weighted by Crippen LogP contribution is -2.28. The highest BCUT2D eigenvalue weighted by Gasteiger charge is 2.32. The summed E-state index contributed by atoms with van der Waals surface area (Å²) in [6.07, 6.45) is 29.2. The van der Waals surface area contributed by atoms with Crippen molar-refractivity contribution in [2.75, 3.05) is 0 Å². The van der Waals surface area contributed by atoms with Gasteiger partial charge in [-0.25, -0.2) is 0 Å². The third-order valence-electron chi connectivity index (χ3n) is 9.91. The van der Waals surface area contributed by atoms with E-state index >= 15 is 0 Å². The van der Waals surface area contributed by atoms with E-state index in [1.165, 1.54) is 134 Å². The summed E-state index contributed by atoms with van der Waals surface area (Å²) in [5, 5.41) is 2.47. The molecule has 202 valence electrons. The van der Waals surface area contributed by atoms with Gasteiger partial charge in [-0.2, -0.15) is 4.99 Å². The fraction of sp³-hybridized carbons (Fsp3) is 0.794. The van der Waals surface area contributed by atoms with Crippen LogP contribution >= 0.6 is 12.2 Å². The molecular formula is C34H55NS. The lowest BCUT2D eigenvalue weighted by molar-refractivity contribution is 0.131. The quantitative estimate of drug-likeness (QED) is 0.123. The summed E-state index contributed by atoms with van der Waals surface area (Å²) in [5.41, 5.74) is 2.42. The Labute approximate surface area is 229 Å². The zero-order valence-corrected chi connectivity index (χ0v) is 24.5. The van der Waals surface area contributed by atoms with E-state index in [0.717, 1.165) is 35.3 Å². The van der Waals surface area contributed by atoms with Crippen molar-refractivity contribution in [2.24, 2.45) is 28.7 Å². The van der Waals surface area contributed by atoms with Crippen LogP contribution in [0.15, 0.2) is 29.3 Å². The molecule has 2 fully saturated rings. The number of rotatable bonds is 16. The van der Waals surface area contributed by atoms with E-state index in [-0.39, 0.29) is 0 Å². The van der Waals surface area contributed by atoms with Crippen LogP contribution in [0.25, 0.3) is 0 Å². The first-order valence-corrected chi connectivity index (χ1v) is 16.3. The van der Waals surface area contributed by atoms with Crippen LogP contribution in [-0.2, 0) is 0 Å². The summed E-state index contributed by atoms with van der Waals surface area (Å²) < 4.78 is 0. The highest BCUT2D eigenvalue weighted by molar-refractivity contribution is 7.78. The number of thiocarbonyl (C=S) groups is 1. The second kappa shape index (κ2) is 17.5. The van der Waals surface area contributed by atoms with Gasteiger partial charge in [0.05, 0.1) is 10.8 Å². The van der Waals surface area contributed by atoms with Gasteiger partial charge in [0.2, 0.25) is 0 Å². The van der Waals surface area contributed by atoms with Crippen molar-refractivity contribution in [1.29, 1.82) is 0 Å². The van der Waals surface area contributed by atoms with Crippen LogP contribution in [0.3, 0.4) is 0 Å². The van der Waals surface area contributed by atoms with Gasteiger partial charge in [0.25, 0.3) is 0 Å². The number of unbranched alkanes of at least 4 members (excludes halogenated alkanes) is 10.